The highest BCUT2D eigenvalue weighted by molar-refractivity contribution is 9.10. The van der Waals surface area contributed by atoms with Gasteiger partial charge in [-0.15, -0.1) is 0 Å². The van der Waals surface area contributed by atoms with Crippen LogP contribution in [0.15, 0.2) is 53.3 Å². The third-order valence-electron chi connectivity index (χ3n) is 4.53. The zero-order valence-corrected chi connectivity index (χ0v) is 14.5. The van der Waals surface area contributed by atoms with Crippen LogP contribution in [0.5, 0.6) is 0 Å². The molecule has 3 heterocycles. The minimum absolute atomic E-state index is 0.504. The molecule has 0 saturated carbocycles. The fourth-order valence-electron chi connectivity index (χ4n) is 3.48. The second-order valence-electron chi connectivity index (χ2n) is 6.17. The lowest BCUT2D eigenvalue weighted by Gasteiger charge is -2.33. The predicted molar refractivity (Wildman–Crippen MR) is 94.4 cm³/mol. The SMILES string of the molecule is Brc1cc2nccc(C3CCCN(Cc4ccccc4)C3)n2n1. The van der Waals surface area contributed by atoms with Gasteiger partial charge in [0.1, 0.15) is 4.60 Å². The van der Waals surface area contributed by atoms with Crippen LogP contribution < -0.4 is 0 Å². The van der Waals surface area contributed by atoms with E-state index < -0.39 is 0 Å². The molecule has 23 heavy (non-hydrogen) atoms. The van der Waals surface area contributed by atoms with Crippen molar-refractivity contribution in [1.29, 1.82) is 0 Å². The lowest BCUT2D eigenvalue weighted by Crippen LogP contribution is -2.34. The van der Waals surface area contributed by atoms with E-state index >= 15 is 0 Å². The smallest absolute Gasteiger partial charge is 0.156 e. The number of hydrogen-bond acceptors (Lipinski definition) is 3. The Labute approximate surface area is 144 Å². The van der Waals surface area contributed by atoms with Gasteiger partial charge >= 0.3 is 0 Å². The van der Waals surface area contributed by atoms with Gasteiger partial charge in [-0.2, -0.15) is 5.10 Å². The van der Waals surface area contributed by atoms with E-state index in [4.69, 9.17) is 0 Å². The summed E-state index contributed by atoms with van der Waals surface area (Å²) >= 11 is 3.46. The maximum absolute atomic E-state index is 4.55. The normalized spacial score (nSPS) is 19.3. The minimum atomic E-state index is 0.504. The number of hydrogen-bond donors (Lipinski definition) is 0. The van der Waals surface area contributed by atoms with Crippen LogP contribution in [0, 0.1) is 0 Å². The Kier molecular flexibility index (Phi) is 4.14. The number of nitrogens with zero attached hydrogens (tertiary/aromatic N) is 4. The number of halogens is 1. The highest BCUT2D eigenvalue weighted by Crippen LogP contribution is 2.28. The first-order valence-electron chi connectivity index (χ1n) is 8.06. The monoisotopic (exact) mass is 370 g/mol. The molecule has 1 aliphatic rings. The van der Waals surface area contributed by atoms with Gasteiger partial charge < -0.3 is 0 Å². The first kappa shape index (κ1) is 14.8. The van der Waals surface area contributed by atoms with Crippen molar-refractivity contribution in [2.45, 2.75) is 25.3 Å². The molecule has 0 bridgehead atoms. The average Bonchev–Trinajstić information content (AvgIpc) is 2.96. The zero-order valence-electron chi connectivity index (χ0n) is 12.9. The van der Waals surface area contributed by atoms with E-state index in [0.29, 0.717) is 5.92 Å². The van der Waals surface area contributed by atoms with Gasteiger partial charge in [-0.05, 0) is 46.9 Å². The molecule has 0 spiro atoms. The number of piperidine rings is 1. The first-order valence-corrected chi connectivity index (χ1v) is 8.85. The van der Waals surface area contributed by atoms with Gasteiger partial charge in [-0.25, -0.2) is 9.50 Å². The molecule has 0 radical (unpaired) electrons. The molecule has 5 heteroatoms. The van der Waals surface area contributed by atoms with Crippen LogP contribution in [0.3, 0.4) is 0 Å². The van der Waals surface area contributed by atoms with E-state index in [-0.39, 0.29) is 0 Å². The predicted octanol–water partition coefficient (Wildman–Crippen LogP) is 3.87. The molecule has 4 nitrogen and oxygen atoms in total. The number of likely N-dealkylation sites (tertiary alicyclic amines) is 1. The van der Waals surface area contributed by atoms with Crippen molar-refractivity contribution >= 4 is 21.6 Å². The fourth-order valence-corrected chi connectivity index (χ4v) is 3.84. The van der Waals surface area contributed by atoms with E-state index in [1.165, 1.54) is 30.6 Å². The molecule has 0 amide bonds. The van der Waals surface area contributed by atoms with E-state index in [1.807, 2.05) is 16.8 Å². The number of aromatic nitrogens is 3. The van der Waals surface area contributed by atoms with Crippen LogP contribution in [-0.4, -0.2) is 32.6 Å². The van der Waals surface area contributed by atoms with Crippen molar-refractivity contribution in [3.63, 3.8) is 0 Å². The second-order valence-corrected chi connectivity index (χ2v) is 6.98. The highest BCUT2D eigenvalue weighted by atomic mass is 79.9. The zero-order chi connectivity index (χ0) is 15.6. The molecule has 0 aliphatic carbocycles. The summed E-state index contributed by atoms with van der Waals surface area (Å²) in [5.74, 6) is 0.504. The van der Waals surface area contributed by atoms with Crippen molar-refractivity contribution in [2.24, 2.45) is 0 Å². The Morgan fingerprint density at radius 1 is 1.17 bits per heavy atom. The van der Waals surface area contributed by atoms with Crippen LogP contribution in [0.4, 0.5) is 0 Å². The largest absolute Gasteiger partial charge is 0.298 e. The lowest BCUT2D eigenvalue weighted by atomic mass is 9.94. The number of benzene rings is 1. The summed E-state index contributed by atoms with van der Waals surface area (Å²) in [4.78, 5) is 6.95. The number of fused-ring (bicyclic) bond motifs is 1. The van der Waals surface area contributed by atoms with Crippen molar-refractivity contribution in [2.75, 3.05) is 13.1 Å². The Morgan fingerprint density at radius 2 is 2.04 bits per heavy atom. The van der Waals surface area contributed by atoms with Gasteiger partial charge in [0.05, 0.1) is 5.69 Å². The van der Waals surface area contributed by atoms with E-state index in [2.05, 4.69) is 67.3 Å². The summed E-state index contributed by atoms with van der Waals surface area (Å²) in [6, 6.07) is 14.8. The van der Waals surface area contributed by atoms with Crippen LogP contribution >= 0.6 is 15.9 Å². The lowest BCUT2D eigenvalue weighted by molar-refractivity contribution is 0.197. The summed E-state index contributed by atoms with van der Waals surface area (Å²) in [5, 5.41) is 4.55. The molecule has 1 atom stereocenters. The summed E-state index contributed by atoms with van der Waals surface area (Å²) in [5.41, 5.74) is 3.56. The maximum Gasteiger partial charge on any atom is 0.156 e. The van der Waals surface area contributed by atoms with E-state index in [1.54, 1.807) is 0 Å². The Bertz CT molecular complexity index is 799. The molecule has 2 aromatic heterocycles. The van der Waals surface area contributed by atoms with Gasteiger partial charge in [0, 0.05) is 31.3 Å². The summed E-state index contributed by atoms with van der Waals surface area (Å²) in [6.45, 7) is 3.27. The topological polar surface area (TPSA) is 33.4 Å². The molecular formula is C18H19BrN4. The highest BCUT2D eigenvalue weighted by Gasteiger charge is 2.23. The second kappa shape index (κ2) is 6.42. The van der Waals surface area contributed by atoms with Crippen molar-refractivity contribution in [1.82, 2.24) is 19.5 Å². The third kappa shape index (κ3) is 3.16. The van der Waals surface area contributed by atoms with Crippen molar-refractivity contribution in [3.05, 3.63) is 64.5 Å². The molecule has 1 aromatic carbocycles. The first-order chi connectivity index (χ1) is 11.3. The van der Waals surface area contributed by atoms with Crippen LogP contribution in [0.25, 0.3) is 5.65 Å². The van der Waals surface area contributed by atoms with Gasteiger partial charge in [-0.1, -0.05) is 30.3 Å². The third-order valence-corrected chi connectivity index (χ3v) is 4.92. The summed E-state index contributed by atoms with van der Waals surface area (Å²) < 4.78 is 2.83. The maximum atomic E-state index is 4.55. The average molecular weight is 371 g/mol. The number of rotatable bonds is 3. The molecule has 3 aromatic rings. The van der Waals surface area contributed by atoms with Gasteiger partial charge in [0.2, 0.25) is 0 Å². The minimum Gasteiger partial charge on any atom is -0.298 e. The molecule has 1 aliphatic heterocycles. The fraction of sp³-hybridized carbons (Fsp3) is 0.333. The van der Waals surface area contributed by atoms with Crippen LogP contribution in [0.1, 0.15) is 30.0 Å². The molecule has 4 rings (SSSR count). The van der Waals surface area contributed by atoms with Gasteiger partial charge in [0.25, 0.3) is 0 Å². The van der Waals surface area contributed by atoms with Crippen molar-refractivity contribution in [3.8, 4) is 0 Å². The molecule has 1 unspecified atom stereocenters. The molecule has 1 fully saturated rings. The Balaban J connectivity index is 1.56. The molecule has 1 saturated heterocycles. The van der Waals surface area contributed by atoms with E-state index in [9.17, 15) is 0 Å². The standard InChI is InChI=1S/C18H19BrN4/c19-17-11-18-20-9-8-16(23(18)21-17)15-7-4-10-22(13-15)12-14-5-2-1-3-6-14/h1-3,5-6,8-9,11,15H,4,7,10,12-13H2. The summed E-state index contributed by atoms with van der Waals surface area (Å²) in [7, 11) is 0. The van der Waals surface area contributed by atoms with E-state index in [0.717, 1.165) is 23.3 Å². The molecule has 118 valence electrons. The van der Waals surface area contributed by atoms with Gasteiger partial charge in [0.15, 0.2) is 5.65 Å². The van der Waals surface area contributed by atoms with Crippen LogP contribution in [0.2, 0.25) is 0 Å². The summed E-state index contributed by atoms with van der Waals surface area (Å²) in [6.07, 6.45) is 4.33. The van der Waals surface area contributed by atoms with Crippen molar-refractivity contribution < 1.29 is 0 Å². The Hall–Kier alpha value is -1.72. The van der Waals surface area contributed by atoms with Crippen LogP contribution in [-0.2, 0) is 6.54 Å². The van der Waals surface area contributed by atoms with Gasteiger partial charge in [-0.3, -0.25) is 4.90 Å². The quantitative estimate of drug-likeness (QED) is 0.701. The molecule has 0 N–H and O–H groups in total. The molecular weight excluding hydrogens is 352 g/mol. The Morgan fingerprint density at radius 3 is 2.91 bits per heavy atom.